The molecule has 0 spiro atoms. The van der Waals surface area contributed by atoms with Crippen LogP contribution in [0, 0.1) is 0 Å². The molecule has 2 heteroatoms. The molecule has 9 aromatic carbocycles. The smallest absolute Gasteiger partial charge is 0.0462 e. The molecular weight excluding hydrogens is 677 g/mol. The van der Waals surface area contributed by atoms with Gasteiger partial charge >= 0.3 is 0 Å². The summed E-state index contributed by atoms with van der Waals surface area (Å²) in [6, 6.07) is 77.3. The van der Waals surface area contributed by atoms with E-state index in [9.17, 15) is 0 Å². The summed E-state index contributed by atoms with van der Waals surface area (Å²) in [6.45, 7) is 0. The number of nitrogens with zero attached hydrogens (tertiary/aromatic N) is 2. The van der Waals surface area contributed by atoms with Crippen molar-refractivity contribution in [3.8, 4) is 0 Å². The van der Waals surface area contributed by atoms with Crippen LogP contribution in [0.3, 0.4) is 0 Å². The normalized spacial score (nSPS) is 11.4. The fraction of sp³-hybridized carbons (Fsp3) is 0. The maximum atomic E-state index is 2.29. The molecule has 9 rings (SSSR count). The first-order chi connectivity index (χ1) is 27.8. The van der Waals surface area contributed by atoms with Gasteiger partial charge in [-0.1, -0.05) is 170 Å². The first-order valence-corrected chi connectivity index (χ1v) is 19.1. The molecule has 0 aliphatic carbocycles. The van der Waals surface area contributed by atoms with Gasteiger partial charge in [0.15, 0.2) is 0 Å². The van der Waals surface area contributed by atoms with Gasteiger partial charge in [-0.15, -0.1) is 0 Å². The SMILES string of the molecule is C(=Cc1c2ccccc2c(/C=C/c2ccc(N(c3ccccc3)c3ccccc3)cc2)c2ccccc12)c1ccc(N(c2ccccc2)c2ccccc2)cc1. The lowest BCUT2D eigenvalue weighted by atomic mass is 9.91. The van der Waals surface area contributed by atoms with Crippen molar-refractivity contribution in [2.24, 2.45) is 0 Å². The van der Waals surface area contributed by atoms with Crippen molar-refractivity contribution in [3.05, 3.63) is 241 Å². The Balaban J connectivity index is 1.03. The Morgan fingerprint density at radius 1 is 0.214 bits per heavy atom. The quantitative estimate of drug-likeness (QED) is 0.103. The van der Waals surface area contributed by atoms with Gasteiger partial charge < -0.3 is 9.80 Å². The Hall–Kier alpha value is -7.42. The van der Waals surface area contributed by atoms with E-state index in [4.69, 9.17) is 0 Å². The summed E-state index contributed by atoms with van der Waals surface area (Å²) in [5.74, 6) is 0. The van der Waals surface area contributed by atoms with E-state index in [0.717, 1.165) is 45.3 Å². The van der Waals surface area contributed by atoms with Crippen molar-refractivity contribution < 1.29 is 0 Å². The Labute approximate surface area is 329 Å². The number of rotatable bonds is 10. The van der Waals surface area contributed by atoms with Crippen LogP contribution < -0.4 is 9.80 Å². The number of para-hydroxylation sites is 4. The summed E-state index contributed by atoms with van der Waals surface area (Å²) in [7, 11) is 0. The molecule has 0 aromatic heterocycles. The monoisotopic (exact) mass is 716 g/mol. The summed E-state index contributed by atoms with van der Waals surface area (Å²) in [4.78, 5) is 4.58. The van der Waals surface area contributed by atoms with Crippen molar-refractivity contribution in [1.29, 1.82) is 0 Å². The highest BCUT2D eigenvalue weighted by molar-refractivity contribution is 6.14. The van der Waals surface area contributed by atoms with Crippen LogP contribution in [0.5, 0.6) is 0 Å². The van der Waals surface area contributed by atoms with Crippen molar-refractivity contribution in [1.82, 2.24) is 0 Å². The van der Waals surface area contributed by atoms with Crippen molar-refractivity contribution in [3.63, 3.8) is 0 Å². The van der Waals surface area contributed by atoms with Gasteiger partial charge in [-0.05, 0) is 117 Å². The second kappa shape index (κ2) is 15.9. The Bertz CT molecular complexity index is 2420. The molecule has 266 valence electrons. The van der Waals surface area contributed by atoms with E-state index in [0.29, 0.717) is 0 Å². The molecule has 0 heterocycles. The maximum Gasteiger partial charge on any atom is 0.0462 e. The molecule has 0 bridgehead atoms. The molecule has 0 N–H and O–H groups in total. The van der Waals surface area contributed by atoms with Gasteiger partial charge in [0.25, 0.3) is 0 Å². The van der Waals surface area contributed by atoms with Crippen LogP contribution in [0.15, 0.2) is 218 Å². The molecule has 9 aromatic rings. The summed E-state index contributed by atoms with van der Waals surface area (Å²) >= 11 is 0. The van der Waals surface area contributed by atoms with E-state index in [1.165, 1.54) is 32.7 Å². The minimum Gasteiger partial charge on any atom is -0.311 e. The van der Waals surface area contributed by atoms with Crippen molar-refractivity contribution >= 4 is 80.0 Å². The molecule has 0 radical (unpaired) electrons. The van der Waals surface area contributed by atoms with E-state index in [-0.39, 0.29) is 0 Å². The third kappa shape index (κ3) is 7.12. The lowest BCUT2D eigenvalue weighted by molar-refractivity contribution is 1.28. The molecule has 0 atom stereocenters. The first kappa shape index (κ1) is 34.4. The fourth-order valence-electron chi connectivity index (χ4n) is 7.59. The highest BCUT2D eigenvalue weighted by Gasteiger charge is 2.14. The van der Waals surface area contributed by atoms with Crippen LogP contribution in [-0.4, -0.2) is 0 Å². The minimum atomic E-state index is 1.12. The van der Waals surface area contributed by atoms with E-state index in [2.05, 4.69) is 252 Å². The van der Waals surface area contributed by atoms with Gasteiger partial charge in [0.2, 0.25) is 0 Å². The lowest BCUT2D eigenvalue weighted by Gasteiger charge is -2.25. The van der Waals surface area contributed by atoms with Gasteiger partial charge in [0.05, 0.1) is 0 Å². The van der Waals surface area contributed by atoms with Gasteiger partial charge in [-0.3, -0.25) is 0 Å². The molecule has 0 aliphatic rings. The predicted octanol–water partition coefficient (Wildman–Crippen LogP) is 15.3. The maximum absolute atomic E-state index is 2.29. The number of hydrogen-bond donors (Lipinski definition) is 0. The van der Waals surface area contributed by atoms with E-state index >= 15 is 0 Å². The van der Waals surface area contributed by atoms with Gasteiger partial charge in [0.1, 0.15) is 0 Å². The Morgan fingerprint density at radius 3 is 0.714 bits per heavy atom. The number of hydrogen-bond acceptors (Lipinski definition) is 2. The Morgan fingerprint density at radius 2 is 0.446 bits per heavy atom. The zero-order chi connectivity index (χ0) is 37.5. The predicted molar refractivity (Wildman–Crippen MR) is 242 cm³/mol. The zero-order valence-electron chi connectivity index (χ0n) is 31.0. The highest BCUT2D eigenvalue weighted by Crippen LogP contribution is 2.38. The lowest BCUT2D eigenvalue weighted by Crippen LogP contribution is -2.09. The van der Waals surface area contributed by atoms with E-state index in [1.54, 1.807) is 0 Å². The largest absolute Gasteiger partial charge is 0.311 e. The van der Waals surface area contributed by atoms with Crippen LogP contribution in [0.25, 0.3) is 45.8 Å². The standard InChI is InChI=1S/C54H40N2/c1-5-17-43(18-6-1)55(44-19-7-2-8-20-44)47-35-29-41(30-36-47)33-39-53-49-25-13-15-27-51(49)54(52-28-16-14-26-50(52)53)40-34-42-31-37-48(38-32-42)56(45-21-9-3-10-22-45)46-23-11-4-12-24-46/h1-40H/b39-33+,40-34?. The van der Waals surface area contributed by atoms with E-state index in [1.807, 2.05) is 0 Å². The second-order valence-corrected chi connectivity index (χ2v) is 13.8. The van der Waals surface area contributed by atoms with Gasteiger partial charge in [0, 0.05) is 34.1 Å². The van der Waals surface area contributed by atoms with Crippen LogP contribution in [-0.2, 0) is 0 Å². The summed E-state index contributed by atoms with van der Waals surface area (Å²) in [5.41, 5.74) is 11.5. The van der Waals surface area contributed by atoms with Crippen molar-refractivity contribution in [2.75, 3.05) is 9.80 Å². The minimum absolute atomic E-state index is 1.12. The molecule has 0 saturated carbocycles. The molecule has 0 aliphatic heterocycles. The average Bonchev–Trinajstić information content (AvgIpc) is 3.27. The summed E-state index contributed by atoms with van der Waals surface area (Å²) in [5, 5.41) is 4.93. The fourth-order valence-corrected chi connectivity index (χ4v) is 7.59. The molecule has 56 heavy (non-hydrogen) atoms. The molecular formula is C54H40N2. The third-order valence-electron chi connectivity index (χ3n) is 10.3. The second-order valence-electron chi connectivity index (χ2n) is 13.8. The Kier molecular flexibility index (Phi) is 9.75. The third-order valence-corrected chi connectivity index (χ3v) is 10.3. The topological polar surface area (TPSA) is 6.48 Å². The van der Waals surface area contributed by atoms with Crippen LogP contribution in [0.2, 0.25) is 0 Å². The number of benzene rings is 9. The van der Waals surface area contributed by atoms with Crippen molar-refractivity contribution in [2.45, 2.75) is 0 Å². The summed E-state index contributed by atoms with van der Waals surface area (Å²) < 4.78 is 0. The first-order valence-electron chi connectivity index (χ1n) is 19.1. The molecule has 0 fully saturated rings. The molecule has 2 nitrogen and oxygen atoms in total. The van der Waals surface area contributed by atoms with Crippen LogP contribution >= 0.6 is 0 Å². The molecule has 0 amide bonds. The highest BCUT2D eigenvalue weighted by atomic mass is 15.1. The number of anilines is 6. The zero-order valence-corrected chi connectivity index (χ0v) is 31.0. The van der Waals surface area contributed by atoms with Gasteiger partial charge in [-0.2, -0.15) is 0 Å². The molecule has 0 unspecified atom stereocenters. The van der Waals surface area contributed by atoms with Crippen LogP contribution in [0.1, 0.15) is 22.3 Å². The average molecular weight is 717 g/mol. The van der Waals surface area contributed by atoms with E-state index < -0.39 is 0 Å². The molecule has 0 saturated heterocycles. The summed E-state index contributed by atoms with van der Waals surface area (Å²) in [6.07, 6.45) is 9.03. The van der Waals surface area contributed by atoms with Crippen LogP contribution in [0.4, 0.5) is 34.1 Å². The number of fused-ring (bicyclic) bond motifs is 2. The van der Waals surface area contributed by atoms with Gasteiger partial charge in [-0.25, -0.2) is 0 Å².